The lowest BCUT2D eigenvalue weighted by Crippen LogP contribution is -2.52. The lowest BCUT2D eigenvalue weighted by atomic mass is 9.85. The number of hydrogen-bond donors (Lipinski definition) is 0. The van der Waals surface area contributed by atoms with Gasteiger partial charge in [-0.3, -0.25) is 4.79 Å². The molecule has 2 atom stereocenters. The van der Waals surface area contributed by atoms with Crippen LogP contribution in [0.25, 0.3) is 0 Å². The quantitative estimate of drug-likeness (QED) is 0.735. The normalized spacial score (nSPS) is 22.1. The topological polar surface area (TPSA) is 38.8 Å². The van der Waals surface area contributed by atoms with Gasteiger partial charge in [-0.2, -0.15) is 0 Å². The maximum absolute atomic E-state index is 12.1. The van der Waals surface area contributed by atoms with E-state index in [1.807, 2.05) is 23.1 Å². The molecule has 4 nitrogen and oxygen atoms in total. The second-order valence-electron chi connectivity index (χ2n) is 4.92. The van der Waals surface area contributed by atoms with E-state index < -0.39 is 0 Å². The van der Waals surface area contributed by atoms with Crippen molar-refractivity contribution in [3.05, 3.63) is 35.9 Å². The number of likely N-dealkylation sites (tertiary alicyclic amines) is 1. The molecule has 0 bridgehead atoms. The maximum atomic E-state index is 12.1. The Morgan fingerprint density at radius 1 is 1.32 bits per heavy atom. The second-order valence-corrected chi connectivity index (χ2v) is 4.92. The van der Waals surface area contributed by atoms with Crippen LogP contribution < -0.4 is 0 Å². The average Bonchev–Trinajstić information content (AvgIpc) is 2.42. The molecule has 0 aromatic heterocycles. The highest BCUT2D eigenvalue weighted by atomic mass is 16.5. The van der Waals surface area contributed by atoms with E-state index in [9.17, 15) is 4.79 Å². The summed E-state index contributed by atoms with van der Waals surface area (Å²) in [6, 6.07) is 10.4. The first-order valence-electron chi connectivity index (χ1n) is 6.65. The van der Waals surface area contributed by atoms with Crippen LogP contribution in [-0.2, 0) is 14.3 Å². The number of methoxy groups -OCH3 is 1. The van der Waals surface area contributed by atoms with E-state index >= 15 is 0 Å². The average molecular weight is 263 g/mol. The standard InChI is InChI=1S/C15H21NO3/c1-12-10-16(14(17)11-19-9-8-18-2)15(12)13-6-4-3-5-7-13/h3-7,12,15H,8-11H2,1-2H3. The molecule has 0 spiro atoms. The predicted octanol–water partition coefficient (Wildman–Crippen LogP) is 1.87. The van der Waals surface area contributed by atoms with Gasteiger partial charge in [-0.1, -0.05) is 37.3 Å². The van der Waals surface area contributed by atoms with E-state index in [4.69, 9.17) is 9.47 Å². The minimum absolute atomic E-state index is 0.0584. The number of benzene rings is 1. The summed E-state index contributed by atoms with van der Waals surface area (Å²) in [5.41, 5.74) is 1.20. The lowest BCUT2D eigenvalue weighted by Gasteiger charge is -2.47. The molecule has 1 aromatic rings. The lowest BCUT2D eigenvalue weighted by molar-refractivity contribution is -0.149. The molecule has 0 N–H and O–H groups in total. The van der Waals surface area contributed by atoms with Gasteiger partial charge in [0.2, 0.25) is 5.91 Å². The van der Waals surface area contributed by atoms with Gasteiger partial charge >= 0.3 is 0 Å². The molecule has 1 amide bonds. The Morgan fingerprint density at radius 2 is 2.05 bits per heavy atom. The number of carbonyl (C=O) groups excluding carboxylic acids is 1. The summed E-state index contributed by atoms with van der Waals surface area (Å²) in [4.78, 5) is 14.0. The SMILES string of the molecule is COCCOCC(=O)N1CC(C)C1c1ccccc1. The van der Waals surface area contributed by atoms with Crippen molar-refractivity contribution in [2.75, 3.05) is 33.5 Å². The van der Waals surface area contributed by atoms with Gasteiger partial charge in [-0.15, -0.1) is 0 Å². The molecular weight excluding hydrogens is 242 g/mol. The van der Waals surface area contributed by atoms with E-state index in [-0.39, 0.29) is 18.6 Å². The van der Waals surface area contributed by atoms with Crippen LogP contribution in [0.3, 0.4) is 0 Å². The molecule has 1 aromatic carbocycles. The van der Waals surface area contributed by atoms with E-state index in [0.29, 0.717) is 19.1 Å². The smallest absolute Gasteiger partial charge is 0.249 e. The zero-order chi connectivity index (χ0) is 13.7. The van der Waals surface area contributed by atoms with Crippen LogP contribution in [0, 0.1) is 5.92 Å². The van der Waals surface area contributed by atoms with Crippen molar-refractivity contribution in [3.63, 3.8) is 0 Å². The molecule has 0 saturated carbocycles. The van der Waals surface area contributed by atoms with Crippen LogP contribution in [0.1, 0.15) is 18.5 Å². The van der Waals surface area contributed by atoms with Gasteiger partial charge in [0.05, 0.1) is 19.3 Å². The van der Waals surface area contributed by atoms with Gasteiger partial charge in [0.25, 0.3) is 0 Å². The minimum Gasteiger partial charge on any atom is -0.382 e. The summed E-state index contributed by atoms with van der Waals surface area (Å²) < 4.78 is 10.2. The van der Waals surface area contributed by atoms with Gasteiger partial charge in [0.1, 0.15) is 6.61 Å². The van der Waals surface area contributed by atoms with E-state index in [0.717, 1.165) is 6.54 Å². The zero-order valence-corrected chi connectivity index (χ0v) is 11.5. The number of carbonyl (C=O) groups is 1. The summed E-state index contributed by atoms with van der Waals surface area (Å²) in [7, 11) is 1.62. The fourth-order valence-electron chi connectivity index (χ4n) is 2.49. The highest BCUT2D eigenvalue weighted by molar-refractivity contribution is 5.79. The van der Waals surface area contributed by atoms with Crippen LogP contribution in [0.2, 0.25) is 0 Å². The van der Waals surface area contributed by atoms with Crippen molar-refractivity contribution in [1.29, 1.82) is 0 Å². The largest absolute Gasteiger partial charge is 0.382 e. The molecule has 4 heteroatoms. The van der Waals surface area contributed by atoms with Crippen molar-refractivity contribution >= 4 is 5.91 Å². The first-order valence-corrected chi connectivity index (χ1v) is 6.65. The first-order chi connectivity index (χ1) is 9.24. The third kappa shape index (κ3) is 3.33. The summed E-state index contributed by atoms with van der Waals surface area (Å²) in [5, 5.41) is 0. The van der Waals surface area contributed by atoms with E-state index in [1.165, 1.54) is 5.56 Å². The summed E-state index contributed by atoms with van der Waals surface area (Å²) >= 11 is 0. The first kappa shape index (κ1) is 14.0. The van der Waals surface area contributed by atoms with E-state index in [2.05, 4.69) is 19.1 Å². The molecule has 1 saturated heterocycles. The Morgan fingerprint density at radius 3 is 2.68 bits per heavy atom. The van der Waals surface area contributed by atoms with Crippen LogP contribution >= 0.6 is 0 Å². The van der Waals surface area contributed by atoms with Crippen molar-refractivity contribution < 1.29 is 14.3 Å². The van der Waals surface area contributed by atoms with E-state index in [1.54, 1.807) is 7.11 Å². The van der Waals surface area contributed by atoms with Gasteiger partial charge in [-0.05, 0) is 11.5 Å². The molecule has 1 aliphatic rings. The van der Waals surface area contributed by atoms with Gasteiger partial charge in [-0.25, -0.2) is 0 Å². The van der Waals surface area contributed by atoms with Crippen LogP contribution in [0.4, 0.5) is 0 Å². The van der Waals surface area contributed by atoms with Crippen molar-refractivity contribution in [2.45, 2.75) is 13.0 Å². The fourth-order valence-corrected chi connectivity index (χ4v) is 2.49. The summed E-state index contributed by atoms with van der Waals surface area (Å²) in [6.45, 7) is 4.10. The molecular formula is C15H21NO3. The number of rotatable bonds is 6. The molecule has 0 radical (unpaired) electrons. The fraction of sp³-hybridized carbons (Fsp3) is 0.533. The highest BCUT2D eigenvalue weighted by Crippen LogP contribution is 2.38. The van der Waals surface area contributed by atoms with Crippen LogP contribution in [0.5, 0.6) is 0 Å². The Hall–Kier alpha value is -1.39. The van der Waals surface area contributed by atoms with Crippen molar-refractivity contribution in [3.8, 4) is 0 Å². The number of ether oxygens (including phenoxy) is 2. The Labute approximate surface area is 114 Å². The zero-order valence-electron chi connectivity index (χ0n) is 11.5. The molecule has 1 fully saturated rings. The molecule has 1 aliphatic heterocycles. The summed E-state index contributed by atoms with van der Waals surface area (Å²) in [5.74, 6) is 0.563. The highest BCUT2D eigenvalue weighted by Gasteiger charge is 2.39. The molecule has 1 heterocycles. The monoisotopic (exact) mass is 263 g/mol. The molecule has 19 heavy (non-hydrogen) atoms. The third-order valence-corrected chi connectivity index (χ3v) is 3.48. The summed E-state index contributed by atoms with van der Waals surface area (Å²) in [6.07, 6.45) is 0. The minimum atomic E-state index is 0.0584. The second kappa shape index (κ2) is 6.68. The third-order valence-electron chi connectivity index (χ3n) is 3.48. The molecule has 2 rings (SSSR count). The van der Waals surface area contributed by atoms with Crippen molar-refractivity contribution in [1.82, 2.24) is 4.90 Å². The molecule has 0 aliphatic carbocycles. The van der Waals surface area contributed by atoms with Gasteiger partial charge < -0.3 is 14.4 Å². The number of hydrogen-bond acceptors (Lipinski definition) is 3. The maximum Gasteiger partial charge on any atom is 0.249 e. The molecule has 2 unspecified atom stereocenters. The number of amides is 1. The Balaban J connectivity index is 1.88. The van der Waals surface area contributed by atoms with Gasteiger partial charge in [0, 0.05) is 13.7 Å². The predicted molar refractivity (Wildman–Crippen MR) is 72.8 cm³/mol. The number of nitrogens with zero attached hydrogens (tertiary/aromatic N) is 1. The van der Waals surface area contributed by atoms with Crippen LogP contribution in [0.15, 0.2) is 30.3 Å². The van der Waals surface area contributed by atoms with Crippen molar-refractivity contribution in [2.24, 2.45) is 5.92 Å². The Kier molecular flexibility index (Phi) is 4.93. The van der Waals surface area contributed by atoms with Gasteiger partial charge in [0.15, 0.2) is 0 Å². The molecule has 104 valence electrons. The van der Waals surface area contributed by atoms with Crippen LogP contribution in [-0.4, -0.2) is 44.3 Å². The Bertz CT molecular complexity index is 407.